The van der Waals surface area contributed by atoms with Gasteiger partial charge in [0.25, 0.3) is 11.4 Å². The molecule has 0 saturated carbocycles. The summed E-state index contributed by atoms with van der Waals surface area (Å²) in [6, 6.07) is -0.355. The van der Waals surface area contributed by atoms with Crippen LogP contribution in [-0.4, -0.2) is 22.2 Å². The Hall–Kier alpha value is -2.47. The van der Waals surface area contributed by atoms with Crippen LogP contribution in [0.25, 0.3) is 0 Å². The van der Waals surface area contributed by atoms with E-state index in [1.165, 1.54) is 0 Å². The van der Waals surface area contributed by atoms with Gasteiger partial charge < -0.3 is 0 Å². The topological polar surface area (TPSA) is 86.3 Å². The van der Waals surface area contributed by atoms with Crippen molar-refractivity contribution in [2.75, 3.05) is 0 Å². The average molecular weight is 336 g/mol. The summed E-state index contributed by atoms with van der Waals surface area (Å²) in [5.74, 6) is 0. The Morgan fingerprint density at radius 3 is 1.59 bits per heavy atom. The number of nitro groups is 2. The van der Waals surface area contributed by atoms with Gasteiger partial charge in [-0.15, -0.1) is 0 Å². The molecule has 0 unspecified atom stereocenters. The van der Waals surface area contributed by atoms with Crippen LogP contribution in [0.5, 0.6) is 0 Å². The summed E-state index contributed by atoms with van der Waals surface area (Å²) in [7, 11) is 0. The van der Waals surface area contributed by atoms with Gasteiger partial charge in [0.2, 0.25) is 0 Å². The van der Waals surface area contributed by atoms with Crippen molar-refractivity contribution in [3.05, 3.63) is 44.0 Å². The molecule has 13 heteroatoms. The molecular formula is C9H3F7N2O4. The molecule has 0 aliphatic rings. The Kier molecular flexibility index (Phi) is 4.05. The predicted molar refractivity (Wildman–Crippen MR) is 54.6 cm³/mol. The fraction of sp³-hybridized carbons (Fsp3) is 0.333. The van der Waals surface area contributed by atoms with Gasteiger partial charge in [-0.25, -0.2) is 4.39 Å². The molecule has 0 saturated heterocycles. The lowest BCUT2D eigenvalue weighted by Gasteiger charge is -2.29. The van der Waals surface area contributed by atoms with Gasteiger partial charge in [0.1, 0.15) is 0 Å². The molecule has 0 amide bonds. The van der Waals surface area contributed by atoms with Crippen molar-refractivity contribution in [3.8, 4) is 0 Å². The van der Waals surface area contributed by atoms with Crippen molar-refractivity contribution >= 4 is 11.4 Å². The van der Waals surface area contributed by atoms with Gasteiger partial charge in [0, 0.05) is 6.07 Å². The van der Waals surface area contributed by atoms with E-state index in [9.17, 15) is 51.0 Å². The molecule has 0 radical (unpaired) electrons. The number of rotatable bonds is 3. The number of nitrogens with zero attached hydrogens (tertiary/aromatic N) is 2. The van der Waals surface area contributed by atoms with Crippen molar-refractivity contribution in [2.24, 2.45) is 0 Å². The third kappa shape index (κ3) is 2.65. The molecule has 1 aromatic rings. The minimum atomic E-state index is -6.56. The molecule has 1 aromatic carbocycles. The van der Waals surface area contributed by atoms with Crippen molar-refractivity contribution in [1.82, 2.24) is 0 Å². The molecule has 0 spiro atoms. The first kappa shape index (κ1) is 17.6. The Bertz CT molecular complexity index is 611. The quantitative estimate of drug-likeness (QED) is 0.477. The molecule has 6 nitrogen and oxygen atoms in total. The lowest BCUT2D eigenvalue weighted by molar-refractivity contribution is -0.400. The number of hydrogen-bond acceptors (Lipinski definition) is 4. The molecule has 0 aliphatic heterocycles. The Labute approximate surface area is 115 Å². The summed E-state index contributed by atoms with van der Waals surface area (Å²) in [6.45, 7) is 0. The SMILES string of the molecule is O=[N+]([O-])c1ccc(C(F)(C(F)(F)F)C(F)(F)F)c([N+](=O)[O-])c1. The van der Waals surface area contributed by atoms with Crippen LogP contribution in [0, 0.1) is 20.2 Å². The average Bonchev–Trinajstić information content (AvgIpc) is 2.34. The molecule has 0 bridgehead atoms. The van der Waals surface area contributed by atoms with Crippen LogP contribution < -0.4 is 0 Å². The highest BCUT2D eigenvalue weighted by molar-refractivity contribution is 5.52. The maximum Gasteiger partial charge on any atom is 0.436 e. The fourth-order valence-corrected chi connectivity index (χ4v) is 1.54. The summed E-state index contributed by atoms with van der Waals surface area (Å²) in [5.41, 5.74) is -11.6. The molecule has 0 aliphatic carbocycles. The third-order valence-electron chi connectivity index (χ3n) is 2.54. The minimum absolute atomic E-state index is 0.105. The van der Waals surface area contributed by atoms with E-state index in [1.807, 2.05) is 0 Å². The predicted octanol–water partition coefficient (Wildman–Crippen LogP) is 3.79. The second-order valence-electron chi connectivity index (χ2n) is 3.87. The van der Waals surface area contributed by atoms with Crippen molar-refractivity contribution in [3.63, 3.8) is 0 Å². The van der Waals surface area contributed by atoms with Gasteiger partial charge >= 0.3 is 18.0 Å². The van der Waals surface area contributed by atoms with E-state index < -0.39 is 44.8 Å². The van der Waals surface area contributed by atoms with E-state index in [2.05, 4.69) is 0 Å². The maximum atomic E-state index is 13.8. The number of hydrogen-bond donors (Lipinski definition) is 0. The zero-order valence-electron chi connectivity index (χ0n) is 9.91. The van der Waals surface area contributed by atoms with Crippen LogP contribution in [0.3, 0.4) is 0 Å². The molecule has 0 aromatic heterocycles. The highest BCUT2D eigenvalue weighted by atomic mass is 19.4. The Balaban J connectivity index is 3.78. The second-order valence-corrected chi connectivity index (χ2v) is 3.87. The van der Waals surface area contributed by atoms with E-state index in [0.717, 1.165) is 0 Å². The zero-order chi connectivity index (χ0) is 17.5. The monoisotopic (exact) mass is 336 g/mol. The largest absolute Gasteiger partial charge is 0.436 e. The van der Waals surface area contributed by atoms with Crippen LogP contribution in [0.4, 0.5) is 42.1 Å². The first-order valence-corrected chi connectivity index (χ1v) is 4.99. The zero-order valence-corrected chi connectivity index (χ0v) is 9.91. The normalized spacial score (nSPS) is 13.0. The third-order valence-corrected chi connectivity index (χ3v) is 2.54. The van der Waals surface area contributed by atoms with E-state index in [0.29, 0.717) is 0 Å². The van der Waals surface area contributed by atoms with Crippen LogP contribution in [0.15, 0.2) is 18.2 Å². The van der Waals surface area contributed by atoms with Crippen molar-refractivity contribution in [2.45, 2.75) is 18.0 Å². The first-order valence-electron chi connectivity index (χ1n) is 4.99. The maximum absolute atomic E-state index is 13.8. The van der Waals surface area contributed by atoms with E-state index >= 15 is 0 Å². The van der Waals surface area contributed by atoms with Crippen LogP contribution in [-0.2, 0) is 5.67 Å². The van der Waals surface area contributed by atoms with Crippen LogP contribution in [0.1, 0.15) is 5.56 Å². The Morgan fingerprint density at radius 1 is 0.818 bits per heavy atom. The highest BCUT2D eigenvalue weighted by Gasteiger charge is 2.75. The second kappa shape index (κ2) is 5.06. The summed E-state index contributed by atoms with van der Waals surface area (Å²) >= 11 is 0. The van der Waals surface area contributed by atoms with Gasteiger partial charge in [-0.05, 0) is 6.07 Å². The highest BCUT2D eigenvalue weighted by Crippen LogP contribution is 2.55. The lowest BCUT2D eigenvalue weighted by Crippen LogP contribution is -2.50. The summed E-state index contributed by atoms with van der Waals surface area (Å²) in [4.78, 5) is 17.9. The molecular weight excluding hydrogens is 333 g/mol. The standard InChI is InChI=1S/C9H3F7N2O4/c10-7(8(11,12)13,9(14,15)16)5-2-1-4(17(19)20)3-6(5)18(21)22/h1-3H. The number of nitro benzene ring substituents is 2. The van der Waals surface area contributed by atoms with Gasteiger partial charge in [-0.3, -0.25) is 20.2 Å². The van der Waals surface area contributed by atoms with Gasteiger partial charge in [-0.1, -0.05) is 0 Å². The fourth-order valence-electron chi connectivity index (χ4n) is 1.54. The first-order chi connectivity index (χ1) is 9.73. The number of alkyl halides is 7. The molecule has 0 heterocycles. The number of benzene rings is 1. The molecule has 0 fully saturated rings. The lowest BCUT2D eigenvalue weighted by atomic mass is 9.92. The van der Waals surface area contributed by atoms with Crippen molar-refractivity contribution < 1.29 is 40.6 Å². The van der Waals surface area contributed by atoms with Crippen molar-refractivity contribution in [1.29, 1.82) is 0 Å². The van der Waals surface area contributed by atoms with E-state index in [4.69, 9.17) is 0 Å². The molecule has 122 valence electrons. The van der Waals surface area contributed by atoms with Gasteiger partial charge in [0.05, 0.1) is 21.5 Å². The Morgan fingerprint density at radius 2 is 1.27 bits per heavy atom. The van der Waals surface area contributed by atoms with E-state index in [-0.39, 0.29) is 18.2 Å². The molecule has 0 atom stereocenters. The summed E-state index contributed by atoms with van der Waals surface area (Å²) < 4.78 is 89.0. The molecule has 22 heavy (non-hydrogen) atoms. The summed E-state index contributed by atoms with van der Waals surface area (Å²) in [6.07, 6.45) is -13.1. The smallest absolute Gasteiger partial charge is 0.258 e. The molecule has 1 rings (SSSR count). The van der Waals surface area contributed by atoms with Crippen LogP contribution in [0.2, 0.25) is 0 Å². The summed E-state index contributed by atoms with van der Waals surface area (Å²) in [5, 5.41) is 21.0. The molecule has 0 N–H and O–H groups in total. The minimum Gasteiger partial charge on any atom is -0.258 e. The van der Waals surface area contributed by atoms with Gasteiger partial charge in [-0.2, -0.15) is 26.3 Å². The number of halogens is 7. The van der Waals surface area contributed by atoms with Gasteiger partial charge in [0.15, 0.2) is 0 Å². The number of non-ortho nitro benzene ring substituents is 1. The van der Waals surface area contributed by atoms with E-state index in [1.54, 1.807) is 0 Å². The van der Waals surface area contributed by atoms with Crippen LogP contribution >= 0.6 is 0 Å².